The van der Waals surface area contributed by atoms with Gasteiger partial charge in [-0.25, -0.2) is 4.79 Å². The Bertz CT molecular complexity index is 1540. The standard InChI is InChI=1S/C34H47N7O12/c35-20(10-14-27(43)44)32(50)40-16-4-8-24(40)30(48)37-21(12-15-28(45)46)29(47)38-22(11-13-26(36)42)33(51)41-17-5-9-25(41)31(49)39-23(34(52)53)18-19-6-2-1-3-7-19/h1-3,6-7,20-25H,4-5,8-18,35H2,(H2,36,42)(H,37,48)(H,38,47)(H,39,49)(H,43,44)(H,45,46)(H,52,53)/t20-,21-,22-,23-,24-,25-/m0/s1. The van der Waals surface area contributed by atoms with Crippen molar-refractivity contribution in [3.8, 4) is 0 Å². The van der Waals surface area contributed by atoms with Gasteiger partial charge in [-0.15, -0.1) is 0 Å². The van der Waals surface area contributed by atoms with E-state index in [1.54, 1.807) is 30.3 Å². The molecular formula is C34H47N7O12. The number of hydrogen-bond donors (Lipinski definition) is 8. The highest BCUT2D eigenvalue weighted by Crippen LogP contribution is 2.22. The molecule has 10 N–H and O–H groups in total. The number of rotatable bonds is 20. The van der Waals surface area contributed by atoms with E-state index < -0.39 is 102 Å². The highest BCUT2D eigenvalue weighted by Gasteiger charge is 2.41. The third-order valence-corrected chi connectivity index (χ3v) is 9.13. The molecule has 6 amide bonds. The highest BCUT2D eigenvalue weighted by atomic mass is 16.4. The molecule has 0 spiro atoms. The van der Waals surface area contributed by atoms with Gasteiger partial charge in [-0.1, -0.05) is 30.3 Å². The fourth-order valence-corrected chi connectivity index (χ4v) is 6.36. The van der Waals surface area contributed by atoms with Crippen molar-refractivity contribution in [2.45, 2.75) is 107 Å². The molecular weight excluding hydrogens is 698 g/mol. The maximum absolute atomic E-state index is 13.9. The van der Waals surface area contributed by atoms with Crippen LogP contribution in [0, 0.1) is 0 Å². The van der Waals surface area contributed by atoms with Gasteiger partial charge in [0.1, 0.15) is 30.2 Å². The van der Waals surface area contributed by atoms with Crippen LogP contribution in [0.2, 0.25) is 0 Å². The van der Waals surface area contributed by atoms with Crippen LogP contribution in [0.3, 0.4) is 0 Å². The molecule has 3 rings (SSSR count). The van der Waals surface area contributed by atoms with Crippen LogP contribution >= 0.6 is 0 Å². The Morgan fingerprint density at radius 3 is 1.72 bits per heavy atom. The predicted octanol–water partition coefficient (Wildman–Crippen LogP) is -1.93. The molecule has 0 saturated carbocycles. The maximum Gasteiger partial charge on any atom is 0.326 e. The molecule has 1 aromatic carbocycles. The summed E-state index contributed by atoms with van der Waals surface area (Å²) in [5, 5.41) is 35.5. The second kappa shape index (κ2) is 19.9. The van der Waals surface area contributed by atoms with Gasteiger partial charge < -0.3 is 52.5 Å². The number of likely N-dealkylation sites (tertiary alicyclic amines) is 2. The number of hydrogen-bond acceptors (Lipinski definition) is 10. The van der Waals surface area contributed by atoms with Crippen molar-refractivity contribution in [1.82, 2.24) is 25.8 Å². The molecule has 1 aromatic rings. The summed E-state index contributed by atoms with van der Waals surface area (Å²) >= 11 is 0. The number of carbonyl (C=O) groups excluding carboxylic acids is 6. The summed E-state index contributed by atoms with van der Waals surface area (Å²) in [5.41, 5.74) is 11.9. The third-order valence-electron chi connectivity index (χ3n) is 9.13. The lowest BCUT2D eigenvalue weighted by Crippen LogP contribution is -2.59. The average Bonchev–Trinajstić information content (AvgIpc) is 3.81. The van der Waals surface area contributed by atoms with Crippen molar-refractivity contribution in [1.29, 1.82) is 0 Å². The summed E-state index contributed by atoms with van der Waals surface area (Å²) in [6, 6.07) is 0.929. The number of primary amides is 1. The molecule has 0 aliphatic carbocycles. The molecule has 53 heavy (non-hydrogen) atoms. The van der Waals surface area contributed by atoms with E-state index >= 15 is 0 Å². The van der Waals surface area contributed by atoms with E-state index in [4.69, 9.17) is 16.6 Å². The summed E-state index contributed by atoms with van der Waals surface area (Å²) in [7, 11) is 0. The zero-order valence-corrected chi connectivity index (χ0v) is 29.1. The van der Waals surface area contributed by atoms with Crippen molar-refractivity contribution >= 4 is 53.4 Å². The Labute approximate surface area is 304 Å². The molecule has 2 saturated heterocycles. The number of carboxylic acid groups (broad SMARTS) is 3. The van der Waals surface area contributed by atoms with Crippen molar-refractivity contribution in [3.05, 3.63) is 35.9 Å². The van der Waals surface area contributed by atoms with E-state index in [1.165, 1.54) is 9.80 Å². The third kappa shape index (κ3) is 12.5. The van der Waals surface area contributed by atoms with Crippen LogP contribution in [0.4, 0.5) is 0 Å². The summed E-state index contributed by atoms with van der Waals surface area (Å²) < 4.78 is 0. The van der Waals surface area contributed by atoms with Crippen LogP contribution < -0.4 is 27.4 Å². The molecule has 2 aliphatic rings. The minimum absolute atomic E-state index is 0.0202. The normalized spacial score (nSPS) is 19.0. The molecule has 290 valence electrons. The quantitative estimate of drug-likeness (QED) is 0.0722. The number of carbonyl (C=O) groups is 9. The first-order valence-corrected chi connectivity index (χ1v) is 17.3. The minimum atomic E-state index is -1.52. The van der Waals surface area contributed by atoms with E-state index in [0.29, 0.717) is 18.4 Å². The number of nitrogens with one attached hydrogen (secondary N) is 3. The summed E-state index contributed by atoms with van der Waals surface area (Å²) in [6.07, 6.45) is -1.11. The van der Waals surface area contributed by atoms with Gasteiger partial charge >= 0.3 is 17.9 Å². The van der Waals surface area contributed by atoms with Gasteiger partial charge in [-0.3, -0.25) is 38.4 Å². The van der Waals surface area contributed by atoms with Crippen molar-refractivity contribution in [2.24, 2.45) is 11.5 Å². The van der Waals surface area contributed by atoms with Gasteiger partial charge in [-0.2, -0.15) is 0 Å². The van der Waals surface area contributed by atoms with Crippen molar-refractivity contribution in [2.75, 3.05) is 13.1 Å². The van der Waals surface area contributed by atoms with Gasteiger partial charge in [0.05, 0.1) is 6.04 Å². The zero-order chi connectivity index (χ0) is 39.2. The number of amides is 6. The lowest BCUT2D eigenvalue weighted by atomic mass is 10.0. The van der Waals surface area contributed by atoms with Crippen molar-refractivity contribution in [3.63, 3.8) is 0 Å². The molecule has 0 bridgehead atoms. The van der Waals surface area contributed by atoms with Crippen LogP contribution in [0.25, 0.3) is 0 Å². The van der Waals surface area contributed by atoms with E-state index in [-0.39, 0.29) is 58.0 Å². The van der Waals surface area contributed by atoms with E-state index in [2.05, 4.69) is 16.0 Å². The molecule has 19 heteroatoms. The van der Waals surface area contributed by atoms with Gasteiger partial charge in [-0.05, 0) is 50.5 Å². The average molecular weight is 746 g/mol. The first-order valence-electron chi connectivity index (χ1n) is 17.3. The molecule has 2 aliphatic heterocycles. The Kier molecular flexibility index (Phi) is 15.7. The Balaban J connectivity index is 1.76. The van der Waals surface area contributed by atoms with Crippen LogP contribution in [0.1, 0.15) is 69.8 Å². The molecule has 2 fully saturated rings. The van der Waals surface area contributed by atoms with E-state index in [9.17, 15) is 53.4 Å². The fourth-order valence-electron chi connectivity index (χ4n) is 6.36. The summed E-state index contributed by atoms with van der Waals surface area (Å²) in [4.78, 5) is 116. The van der Waals surface area contributed by atoms with Crippen molar-refractivity contribution < 1.29 is 58.5 Å². The first kappa shape index (κ1) is 41.8. The topological polar surface area (TPSA) is 309 Å². The Hall–Kier alpha value is -5.59. The molecule has 19 nitrogen and oxygen atoms in total. The SMILES string of the molecule is NC(=O)CC[C@H](NC(=O)[C@H](CCC(=O)O)NC(=O)[C@@H]1CCCN1C(=O)[C@@H](N)CCC(=O)O)C(=O)N1CCC[C@H]1C(=O)N[C@@H](Cc1ccccc1)C(=O)O. The predicted molar refractivity (Wildman–Crippen MR) is 183 cm³/mol. The highest BCUT2D eigenvalue weighted by molar-refractivity contribution is 5.97. The second-order valence-corrected chi connectivity index (χ2v) is 13.1. The molecule has 6 atom stereocenters. The Morgan fingerprint density at radius 2 is 1.19 bits per heavy atom. The Morgan fingerprint density at radius 1 is 0.679 bits per heavy atom. The van der Waals surface area contributed by atoms with E-state index in [1.807, 2.05) is 0 Å². The van der Waals surface area contributed by atoms with E-state index in [0.717, 1.165) is 0 Å². The first-order chi connectivity index (χ1) is 25.1. The lowest BCUT2D eigenvalue weighted by Gasteiger charge is -2.31. The number of benzene rings is 1. The number of nitrogens with two attached hydrogens (primary N) is 2. The van der Waals surface area contributed by atoms with Crippen LogP contribution in [0.5, 0.6) is 0 Å². The van der Waals surface area contributed by atoms with Gasteiger partial charge in [0, 0.05) is 38.8 Å². The number of aliphatic carboxylic acids is 3. The van der Waals surface area contributed by atoms with Gasteiger partial charge in [0.2, 0.25) is 35.4 Å². The minimum Gasteiger partial charge on any atom is -0.481 e. The van der Waals surface area contributed by atoms with Gasteiger partial charge in [0.15, 0.2) is 0 Å². The second-order valence-electron chi connectivity index (χ2n) is 13.1. The van der Waals surface area contributed by atoms with Crippen LogP contribution in [-0.4, -0.2) is 128 Å². The van der Waals surface area contributed by atoms with Crippen LogP contribution in [-0.2, 0) is 49.6 Å². The lowest BCUT2D eigenvalue weighted by molar-refractivity contribution is -0.145. The maximum atomic E-state index is 13.9. The number of carboxylic acids is 3. The summed E-state index contributed by atoms with van der Waals surface area (Å²) in [6.45, 7) is 0.201. The fraction of sp³-hybridized carbons (Fsp3) is 0.559. The van der Waals surface area contributed by atoms with Crippen LogP contribution in [0.15, 0.2) is 30.3 Å². The molecule has 0 radical (unpaired) electrons. The smallest absolute Gasteiger partial charge is 0.326 e. The van der Waals surface area contributed by atoms with Gasteiger partial charge in [0.25, 0.3) is 0 Å². The molecule has 0 unspecified atom stereocenters. The zero-order valence-electron chi connectivity index (χ0n) is 29.1. The number of nitrogens with zero attached hydrogens (tertiary/aromatic N) is 2. The molecule has 2 heterocycles. The molecule has 0 aromatic heterocycles. The monoisotopic (exact) mass is 745 g/mol. The largest absolute Gasteiger partial charge is 0.481 e. The summed E-state index contributed by atoms with van der Waals surface area (Å²) in [5.74, 6) is -8.49.